The van der Waals surface area contributed by atoms with Crippen molar-refractivity contribution in [3.05, 3.63) is 87.9 Å². The number of benzene rings is 3. The second-order valence-electron chi connectivity index (χ2n) is 14.0. The smallest absolute Gasteiger partial charge is 0.252 e. The molecule has 0 aromatic heterocycles. The fourth-order valence-corrected chi connectivity index (χ4v) is 7.27. The highest BCUT2D eigenvalue weighted by Crippen LogP contribution is 2.37. The van der Waals surface area contributed by atoms with E-state index in [4.69, 9.17) is 36.3 Å². The first-order chi connectivity index (χ1) is 25.6. The van der Waals surface area contributed by atoms with Gasteiger partial charge in [-0.2, -0.15) is 0 Å². The number of aryl methyl sites for hydroxylation is 2. The molecule has 3 N–H and O–H groups in total. The SMILES string of the molecule is COc1ccc(OCCN(C(=O)C2=C(c3ccc(OCCOc4cc(C)c(C)cc4Cl)cc3)CC3CN(C(=O)CCCC(N)=O)C[C@H]2N3)C2CC2)cc1. The van der Waals surface area contributed by atoms with Crippen LogP contribution in [0, 0.1) is 13.8 Å². The molecule has 2 bridgehead atoms. The lowest BCUT2D eigenvalue weighted by molar-refractivity contribution is -0.134. The molecule has 282 valence electrons. The van der Waals surface area contributed by atoms with E-state index in [9.17, 15) is 14.4 Å². The van der Waals surface area contributed by atoms with Gasteiger partial charge in [-0.05, 0) is 110 Å². The van der Waals surface area contributed by atoms with Crippen LogP contribution in [0.1, 0.15) is 55.2 Å². The minimum atomic E-state index is -0.418. The van der Waals surface area contributed by atoms with E-state index < -0.39 is 5.91 Å². The van der Waals surface area contributed by atoms with Crippen LogP contribution in [0.4, 0.5) is 0 Å². The van der Waals surface area contributed by atoms with E-state index in [1.807, 2.05) is 84.3 Å². The van der Waals surface area contributed by atoms with Crippen molar-refractivity contribution >= 4 is 34.9 Å². The van der Waals surface area contributed by atoms with Crippen LogP contribution in [0.2, 0.25) is 5.02 Å². The van der Waals surface area contributed by atoms with Crippen molar-refractivity contribution in [2.75, 3.05) is 46.6 Å². The van der Waals surface area contributed by atoms with Gasteiger partial charge in [-0.1, -0.05) is 23.7 Å². The number of carbonyl (C=O) groups is 3. The minimum absolute atomic E-state index is 0.0292. The van der Waals surface area contributed by atoms with Gasteiger partial charge < -0.3 is 39.8 Å². The number of fused-ring (bicyclic) bond motifs is 2. The topological polar surface area (TPSA) is 133 Å². The zero-order valence-electron chi connectivity index (χ0n) is 30.7. The summed E-state index contributed by atoms with van der Waals surface area (Å²) in [7, 11) is 1.62. The van der Waals surface area contributed by atoms with Crippen LogP contribution in [-0.2, 0) is 14.4 Å². The molecule has 0 radical (unpaired) electrons. The van der Waals surface area contributed by atoms with Gasteiger partial charge >= 0.3 is 0 Å². The van der Waals surface area contributed by atoms with Gasteiger partial charge in [0.05, 0.1) is 24.7 Å². The molecule has 1 saturated heterocycles. The molecule has 6 rings (SSSR count). The normalized spacial score (nSPS) is 18.0. The Bertz CT molecular complexity index is 1810. The van der Waals surface area contributed by atoms with Crippen molar-refractivity contribution in [3.8, 4) is 23.0 Å². The van der Waals surface area contributed by atoms with Crippen LogP contribution in [-0.4, -0.2) is 92.2 Å². The van der Waals surface area contributed by atoms with Gasteiger partial charge in [0.25, 0.3) is 5.91 Å². The Morgan fingerprint density at radius 3 is 2.19 bits per heavy atom. The summed E-state index contributed by atoms with van der Waals surface area (Å²) in [4.78, 5) is 43.0. The summed E-state index contributed by atoms with van der Waals surface area (Å²) in [6.45, 7) is 6.36. The van der Waals surface area contributed by atoms with E-state index in [0.717, 1.165) is 40.9 Å². The number of nitrogens with zero attached hydrogens (tertiary/aromatic N) is 2. The highest BCUT2D eigenvalue weighted by Gasteiger charge is 2.43. The average molecular weight is 745 g/mol. The second-order valence-corrected chi connectivity index (χ2v) is 14.4. The molecule has 11 nitrogen and oxygen atoms in total. The quantitative estimate of drug-likeness (QED) is 0.174. The molecule has 1 saturated carbocycles. The Hall–Kier alpha value is -4.74. The zero-order chi connectivity index (χ0) is 37.5. The van der Waals surface area contributed by atoms with Crippen LogP contribution in [0.3, 0.4) is 0 Å². The molecule has 2 heterocycles. The lowest BCUT2D eigenvalue weighted by atomic mass is 9.82. The zero-order valence-corrected chi connectivity index (χ0v) is 31.5. The highest BCUT2D eigenvalue weighted by atomic mass is 35.5. The first kappa shape index (κ1) is 38.0. The van der Waals surface area contributed by atoms with E-state index >= 15 is 0 Å². The predicted octanol–water partition coefficient (Wildman–Crippen LogP) is 5.48. The number of carbonyl (C=O) groups excluding carboxylic acids is 3. The fourth-order valence-electron chi connectivity index (χ4n) is 7.00. The summed E-state index contributed by atoms with van der Waals surface area (Å²) in [6, 6.07) is 18.8. The third kappa shape index (κ3) is 9.83. The first-order valence-corrected chi connectivity index (χ1v) is 18.7. The van der Waals surface area contributed by atoms with Crippen LogP contribution in [0.15, 0.2) is 66.2 Å². The lowest BCUT2D eigenvalue weighted by Gasteiger charge is -2.45. The average Bonchev–Trinajstić information content (AvgIpc) is 3.99. The summed E-state index contributed by atoms with van der Waals surface area (Å²) < 4.78 is 23.2. The Labute approximate surface area is 316 Å². The Balaban J connectivity index is 1.18. The molecule has 2 atom stereocenters. The molecular formula is C41H49ClN4O7. The number of rotatable bonds is 17. The van der Waals surface area contributed by atoms with Crippen molar-refractivity contribution < 1.29 is 33.3 Å². The molecule has 3 amide bonds. The molecule has 0 spiro atoms. The number of hydrogen-bond donors (Lipinski definition) is 2. The fraction of sp³-hybridized carbons (Fsp3) is 0.439. The molecule has 1 unspecified atom stereocenters. The molecule has 3 aromatic rings. The lowest BCUT2D eigenvalue weighted by Crippen LogP contribution is -2.62. The van der Waals surface area contributed by atoms with Gasteiger partial charge in [0.2, 0.25) is 11.8 Å². The van der Waals surface area contributed by atoms with Crippen molar-refractivity contribution in [1.29, 1.82) is 0 Å². The number of nitrogens with two attached hydrogens (primary N) is 1. The van der Waals surface area contributed by atoms with Gasteiger partial charge in [-0.15, -0.1) is 0 Å². The van der Waals surface area contributed by atoms with Crippen LogP contribution in [0.5, 0.6) is 23.0 Å². The van der Waals surface area contributed by atoms with Crippen molar-refractivity contribution in [2.45, 2.75) is 70.5 Å². The van der Waals surface area contributed by atoms with E-state index in [1.165, 1.54) is 0 Å². The van der Waals surface area contributed by atoms with Crippen molar-refractivity contribution in [1.82, 2.24) is 15.1 Å². The molecule has 12 heteroatoms. The highest BCUT2D eigenvalue weighted by molar-refractivity contribution is 6.32. The van der Waals surface area contributed by atoms with Crippen molar-refractivity contribution in [2.24, 2.45) is 5.73 Å². The number of primary amides is 1. The summed E-state index contributed by atoms with van der Waals surface area (Å²) in [5.41, 5.74) is 10.1. The van der Waals surface area contributed by atoms with Gasteiger partial charge in [-0.25, -0.2) is 0 Å². The van der Waals surface area contributed by atoms with E-state index in [0.29, 0.717) is 80.1 Å². The number of methoxy groups -OCH3 is 1. The van der Waals surface area contributed by atoms with Crippen LogP contribution in [0.25, 0.3) is 5.57 Å². The standard InChI is InChI=1S/C41H49ClN4O7/c1-26-21-35(42)37(22-27(26)2)53-20-19-52-32-11-7-28(8-12-32)34-23-29-24-45(39(48)6-4-5-38(43)47)25-36(44-29)40(34)41(49)46(30-9-10-30)17-18-51-33-15-13-31(50-3)14-16-33/h7-8,11-16,21-22,29-30,36,44H,4-6,9-10,17-20,23-25H2,1-3H3,(H2,43,47)/t29?,36-/m1/s1. The van der Waals surface area contributed by atoms with E-state index in [-0.39, 0.29) is 42.8 Å². The number of piperazine rings is 1. The number of nitrogens with one attached hydrogen (secondary N) is 1. The second kappa shape index (κ2) is 17.4. The molecule has 3 aliphatic rings. The molecule has 3 aromatic carbocycles. The van der Waals surface area contributed by atoms with Gasteiger partial charge in [-0.3, -0.25) is 14.4 Å². The monoisotopic (exact) mass is 744 g/mol. The Kier molecular flexibility index (Phi) is 12.5. The molecule has 1 aliphatic carbocycles. The van der Waals surface area contributed by atoms with Crippen LogP contribution >= 0.6 is 11.6 Å². The maximum atomic E-state index is 14.7. The number of hydrogen-bond acceptors (Lipinski definition) is 8. The molecular weight excluding hydrogens is 696 g/mol. The predicted molar refractivity (Wildman–Crippen MR) is 203 cm³/mol. The maximum absolute atomic E-state index is 14.7. The number of ether oxygens (including phenoxy) is 4. The Morgan fingerprint density at radius 1 is 0.868 bits per heavy atom. The van der Waals surface area contributed by atoms with E-state index in [2.05, 4.69) is 5.32 Å². The minimum Gasteiger partial charge on any atom is -0.497 e. The summed E-state index contributed by atoms with van der Waals surface area (Å²) in [6.07, 6.45) is 3.27. The number of halogens is 1. The molecule has 53 heavy (non-hydrogen) atoms. The Morgan fingerprint density at radius 2 is 1.51 bits per heavy atom. The van der Waals surface area contributed by atoms with Gasteiger partial charge in [0, 0.05) is 43.6 Å². The summed E-state index contributed by atoms with van der Waals surface area (Å²) >= 11 is 6.37. The molecule has 2 aliphatic heterocycles. The third-order valence-electron chi connectivity index (χ3n) is 10.1. The largest absolute Gasteiger partial charge is 0.497 e. The summed E-state index contributed by atoms with van der Waals surface area (Å²) in [5, 5.41) is 4.23. The van der Waals surface area contributed by atoms with Crippen molar-refractivity contribution in [3.63, 3.8) is 0 Å². The van der Waals surface area contributed by atoms with E-state index in [1.54, 1.807) is 7.11 Å². The first-order valence-electron chi connectivity index (χ1n) is 18.4. The van der Waals surface area contributed by atoms with Gasteiger partial charge in [0.15, 0.2) is 0 Å². The van der Waals surface area contributed by atoms with Gasteiger partial charge in [0.1, 0.15) is 42.8 Å². The third-order valence-corrected chi connectivity index (χ3v) is 10.4. The maximum Gasteiger partial charge on any atom is 0.252 e. The summed E-state index contributed by atoms with van der Waals surface area (Å²) in [5.74, 6) is 2.28. The van der Waals surface area contributed by atoms with Crippen LogP contribution < -0.4 is 30.0 Å². The molecule has 2 fully saturated rings. The number of amides is 3.